The largest absolute Gasteiger partial charge is 0.493 e. The number of imide groups is 1. The zero-order chi connectivity index (χ0) is 21.4. The fraction of sp³-hybridized carbons (Fsp3) is 0.571. The molecule has 0 spiro atoms. The molecule has 2 atom stereocenters. The average Bonchev–Trinajstić information content (AvgIpc) is 2.68. The smallest absolute Gasteiger partial charge is 0.243 e. The molecular formula is C21H30N2O6. The summed E-state index contributed by atoms with van der Waals surface area (Å²) in [5.74, 6) is 0.375. The molecule has 2 rings (SSSR count). The van der Waals surface area contributed by atoms with Crippen LogP contribution in [0.1, 0.15) is 32.3 Å². The Morgan fingerprint density at radius 3 is 2.55 bits per heavy atom. The molecule has 0 radical (unpaired) electrons. The van der Waals surface area contributed by atoms with Crippen molar-refractivity contribution in [3.05, 3.63) is 23.8 Å². The van der Waals surface area contributed by atoms with E-state index in [2.05, 4.69) is 10.6 Å². The summed E-state index contributed by atoms with van der Waals surface area (Å²) in [4.78, 5) is 37.1. The first kappa shape index (κ1) is 22.8. The summed E-state index contributed by atoms with van der Waals surface area (Å²) in [6, 6.07) is 4.10. The van der Waals surface area contributed by atoms with Gasteiger partial charge in [-0.15, -0.1) is 0 Å². The second-order valence-corrected chi connectivity index (χ2v) is 7.49. The van der Waals surface area contributed by atoms with Gasteiger partial charge in [0.05, 0.1) is 32.7 Å². The van der Waals surface area contributed by atoms with Crippen molar-refractivity contribution in [2.45, 2.75) is 45.2 Å². The van der Waals surface area contributed by atoms with Crippen molar-refractivity contribution >= 4 is 17.6 Å². The maximum atomic E-state index is 12.7. The van der Waals surface area contributed by atoms with Gasteiger partial charge in [-0.25, -0.2) is 0 Å². The van der Waals surface area contributed by atoms with Gasteiger partial charge in [-0.3, -0.25) is 25.0 Å². The number of amides is 2. The van der Waals surface area contributed by atoms with Crippen LogP contribution in [-0.4, -0.2) is 57.1 Å². The predicted molar refractivity (Wildman–Crippen MR) is 107 cm³/mol. The molecule has 8 nitrogen and oxygen atoms in total. The number of Topliss-reactive ketones (excluding diaryl/α,β-unsaturated/α-hetero) is 1. The highest BCUT2D eigenvalue weighted by Crippen LogP contribution is 2.27. The van der Waals surface area contributed by atoms with Crippen LogP contribution in [0.3, 0.4) is 0 Å². The summed E-state index contributed by atoms with van der Waals surface area (Å²) >= 11 is 0. The minimum atomic E-state index is -0.628. The molecule has 1 aromatic rings. The first-order chi connectivity index (χ1) is 13.8. The van der Waals surface area contributed by atoms with Gasteiger partial charge in [-0.1, -0.05) is 19.9 Å². The lowest BCUT2D eigenvalue weighted by Crippen LogP contribution is -2.54. The van der Waals surface area contributed by atoms with Crippen LogP contribution in [0.2, 0.25) is 0 Å². The first-order valence-corrected chi connectivity index (χ1v) is 9.75. The van der Waals surface area contributed by atoms with Gasteiger partial charge < -0.3 is 14.2 Å². The first-order valence-electron chi connectivity index (χ1n) is 9.75. The molecule has 160 valence electrons. The molecule has 2 N–H and O–H groups in total. The summed E-state index contributed by atoms with van der Waals surface area (Å²) < 4.78 is 15.6. The standard InChI is InChI=1S/C21H30N2O6/c1-13(2)9-16(22-15-7-8-29-12-17(15)24)21(26)23-20(25)11-14-5-6-18(27-3)19(10-14)28-4/h5-6,10,13,15-16,22H,7-9,11-12H2,1-4H3,(H,23,25,26)/t15-,16-/m0/s1. The van der Waals surface area contributed by atoms with Gasteiger partial charge in [0.2, 0.25) is 11.8 Å². The second kappa shape index (κ2) is 10.9. The molecule has 8 heteroatoms. The lowest BCUT2D eigenvalue weighted by Gasteiger charge is -2.27. The second-order valence-electron chi connectivity index (χ2n) is 7.49. The van der Waals surface area contributed by atoms with Crippen LogP contribution in [0.4, 0.5) is 0 Å². The van der Waals surface area contributed by atoms with Crippen LogP contribution in [0.15, 0.2) is 18.2 Å². The molecular weight excluding hydrogens is 376 g/mol. The highest BCUT2D eigenvalue weighted by Gasteiger charge is 2.29. The summed E-state index contributed by atoms with van der Waals surface area (Å²) in [6.07, 6.45) is 1.05. The van der Waals surface area contributed by atoms with Gasteiger partial charge in [0.15, 0.2) is 17.3 Å². The Kier molecular flexibility index (Phi) is 8.60. The normalized spacial score (nSPS) is 17.7. The van der Waals surface area contributed by atoms with Crippen LogP contribution >= 0.6 is 0 Å². The van der Waals surface area contributed by atoms with Crippen LogP contribution < -0.4 is 20.1 Å². The van der Waals surface area contributed by atoms with E-state index in [0.717, 1.165) is 0 Å². The Hall–Kier alpha value is -2.45. The van der Waals surface area contributed by atoms with E-state index in [1.165, 1.54) is 14.2 Å². The minimum absolute atomic E-state index is 0.0245. The van der Waals surface area contributed by atoms with Crippen molar-refractivity contribution in [2.24, 2.45) is 5.92 Å². The molecule has 29 heavy (non-hydrogen) atoms. The van der Waals surface area contributed by atoms with E-state index in [4.69, 9.17) is 14.2 Å². The van der Waals surface area contributed by atoms with Crippen molar-refractivity contribution in [1.82, 2.24) is 10.6 Å². The maximum absolute atomic E-state index is 12.7. The summed E-state index contributed by atoms with van der Waals surface area (Å²) in [7, 11) is 3.05. The van der Waals surface area contributed by atoms with Gasteiger partial charge in [-0.05, 0) is 36.5 Å². The Balaban J connectivity index is 2.00. The zero-order valence-electron chi connectivity index (χ0n) is 17.4. The third kappa shape index (κ3) is 6.83. The number of carbonyl (C=O) groups is 3. The van der Waals surface area contributed by atoms with Crippen molar-refractivity contribution in [2.75, 3.05) is 27.4 Å². The molecule has 1 aromatic carbocycles. The van der Waals surface area contributed by atoms with Crippen molar-refractivity contribution < 1.29 is 28.6 Å². The number of rotatable bonds is 9. The summed E-state index contributed by atoms with van der Waals surface area (Å²) in [6.45, 7) is 4.49. The fourth-order valence-corrected chi connectivity index (χ4v) is 3.22. The van der Waals surface area contributed by atoms with Gasteiger partial charge in [0.25, 0.3) is 0 Å². The maximum Gasteiger partial charge on any atom is 0.243 e. The predicted octanol–water partition coefficient (Wildman–Crippen LogP) is 1.25. The molecule has 0 bridgehead atoms. The van der Waals surface area contributed by atoms with Crippen molar-refractivity contribution in [1.29, 1.82) is 0 Å². The zero-order valence-corrected chi connectivity index (χ0v) is 17.4. The number of benzene rings is 1. The third-order valence-corrected chi connectivity index (χ3v) is 4.69. The Bertz CT molecular complexity index is 734. The van der Waals surface area contributed by atoms with Crippen LogP contribution in [0.5, 0.6) is 11.5 Å². The fourth-order valence-electron chi connectivity index (χ4n) is 3.22. The Labute approximate surface area is 171 Å². The number of methoxy groups -OCH3 is 2. The highest BCUT2D eigenvalue weighted by molar-refractivity contribution is 5.99. The number of hydrogen-bond acceptors (Lipinski definition) is 7. The van der Waals surface area contributed by atoms with Gasteiger partial charge in [0.1, 0.15) is 6.61 Å². The molecule has 0 aliphatic carbocycles. The lowest BCUT2D eigenvalue weighted by atomic mass is 9.99. The molecule has 1 aliphatic heterocycles. The average molecular weight is 406 g/mol. The number of hydrogen-bond donors (Lipinski definition) is 2. The van der Waals surface area contributed by atoms with E-state index in [9.17, 15) is 14.4 Å². The molecule has 0 aromatic heterocycles. The Morgan fingerprint density at radius 1 is 1.21 bits per heavy atom. The summed E-state index contributed by atoms with van der Waals surface area (Å²) in [5, 5.41) is 5.56. The van der Waals surface area contributed by atoms with Crippen LogP contribution in [0.25, 0.3) is 0 Å². The summed E-state index contributed by atoms with van der Waals surface area (Å²) in [5.41, 5.74) is 0.695. The quantitative estimate of drug-likeness (QED) is 0.636. The van der Waals surface area contributed by atoms with Crippen molar-refractivity contribution in [3.63, 3.8) is 0 Å². The molecule has 2 amide bonds. The Morgan fingerprint density at radius 2 is 1.93 bits per heavy atom. The minimum Gasteiger partial charge on any atom is -0.493 e. The molecule has 1 saturated heterocycles. The van der Waals surface area contributed by atoms with Gasteiger partial charge >= 0.3 is 0 Å². The number of ether oxygens (including phenoxy) is 3. The third-order valence-electron chi connectivity index (χ3n) is 4.69. The number of nitrogens with one attached hydrogen (secondary N) is 2. The van der Waals surface area contributed by atoms with E-state index in [1.54, 1.807) is 18.2 Å². The van der Waals surface area contributed by atoms with Crippen molar-refractivity contribution in [3.8, 4) is 11.5 Å². The van der Waals surface area contributed by atoms with E-state index < -0.39 is 23.9 Å². The van der Waals surface area contributed by atoms with E-state index in [0.29, 0.717) is 36.5 Å². The molecule has 1 fully saturated rings. The van der Waals surface area contributed by atoms with E-state index >= 15 is 0 Å². The van der Waals surface area contributed by atoms with E-state index in [1.807, 2.05) is 13.8 Å². The van der Waals surface area contributed by atoms with Crippen LogP contribution in [-0.2, 0) is 25.5 Å². The molecule has 0 unspecified atom stereocenters. The number of ketones is 1. The van der Waals surface area contributed by atoms with E-state index in [-0.39, 0.29) is 24.7 Å². The van der Waals surface area contributed by atoms with Gasteiger partial charge in [-0.2, -0.15) is 0 Å². The van der Waals surface area contributed by atoms with Crippen LogP contribution in [0, 0.1) is 5.92 Å². The SMILES string of the molecule is COc1ccc(CC(=O)NC(=O)[C@H](CC(C)C)N[C@H]2CCOCC2=O)cc1OC. The highest BCUT2D eigenvalue weighted by atomic mass is 16.5. The topological polar surface area (TPSA) is 103 Å². The molecule has 0 saturated carbocycles. The van der Waals surface area contributed by atoms with Gasteiger partial charge in [0, 0.05) is 6.61 Å². The molecule has 1 aliphatic rings. The number of carbonyl (C=O) groups excluding carboxylic acids is 3. The molecule has 1 heterocycles. The lowest BCUT2D eigenvalue weighted by molar-refractivity contribution is -0.133. The monoisotopic (exact) mass is 406 g/mol.